The summed E-state index contributed by atoms with van der Waals surface area (Å²) < 4.78 is 30.4. The molecular weight excluding hydrogens is 455 g/mol. The van der Waals surface area contributed by atoms with Crippen LogP contribution in [0.2, 0.25) is 0 Å². The summed E-state index contributed by atoms with van der Waals surface area (Å²) in [6.45, 7) is 0. The average molecular weight is 471 g/mol. The second kappa shape index (κ2) is 7.72. The van der Waals surface area contributed by atoms with Gasteiger partial charge in [-0.2, -0.15) is 5.26 Å². The normalized spacial score (nSPS) is 15.2. The summed E-state index contributed by atoms with van der Waals surface area (Å²) in [6.07, 6.45) is 0. The quantitative estimate of drug-likeness (QED) is 0.591. The predicted molar refractivity (Wildman–Crippen MR) is 111 cm³/mol. The van der Waals surface area contributed by atoms with Gasteiger partial charge in [-0.25, -0.2) is 4.39 Å². The molecule has 0 aliphatic carbocycles. The Bertz CT molecular complexity index is 1220. The van der Waals surface area contributed by atoms with E-state index in [-0.39, 0.29) is 21.8 Å². The van der Waals surface area contributed by atoms with Crippen LogP contribution in [-0.2, 0) is 0 Å². The van der Waals surface area contributed by atoms with Crippen molar-refractivity contribution in [1.82, 2.24) is 10.2 Å². The van der Waals surface area contributed by atoms with Crippen LogP contribution in [0.5, 0.6) is 17.4 Å². The molecule has 4 rings (SSSR count). The number of methoxy groups -OCH3 is 2. The van der Waals surface area contributed by atoms with Gasteiger partial charge in [0.2, 0.25) is 11.8 Å². The maximum Gasteiger partial charge on any atom is 0.244 e. The summed E-state index contributed by atoms with van der Waals surface area (Å²) in [4.78, 5) is 0. The van der Waals surface area contributed by atoms with Gasteiger partial charge in [-0.3, -0.25) is 5.10 Å². The fourth-order valence-electron chi connectivity index (χ4n) is 3.48. The van der Waals surface area contributed by atoms with Crippen molar-refractivity contribution in [3.8, 4) is 34.7 Å². The topological polar surface area (TPSA) is 106 Å². The summed E-state index contributed by atoms with van der Waals surface area (Å²) >= 11 is 3.21. The second-order valence-electron chi connectivity index (χ2n) is 6.49. The van der Waals surface area contributed by atoms with Crippen LogP contribution in [0.1, 0.15) is 17.0 Å². The van der Waals surface area contributed by atoms with Crippen molar-refractivity contribution in [2.45, 2.75) is 5.92 Å². The summed E-state index contributed by atoms with van der Waals surface area (Å²) in [5.41, 5.74) is 8.85. The van der Waals surface area contributed by atoms with Gasteiger partial charge in [0.25, 0.3) is 0 Å². The molecule has 30 heavy (non-hydrogen) atoms. The molecule has 0 saturated heterocycles. The summed E-state index contributed by atoms with van der Waals surface area (Å²) in [5.74, 6) is 0.312. The lowest BCUT2D eigenvalue weighted by Gasteiger charge is -2.24. The maximum absolute atomic E-state index is 13.8. The third-order valence-corrected chi connectivity index (χ3v) is 5.50. The van der Waals surface area contributed by atoms with Crippen LogP contribution >= 0.6 is 15.9 Å². The van der Waals surface area contributed by atoms with Crippen molar-refractivity contribution >= 4 is 15.9 Å². The number of allylic oxidation sites excluding steroid dienone is 1. The third-order valence-electron chi connectivity index (χ3n) is 4.89. The Morgan fingerprint density at radius 3 is 2.63 bits per heavy atom. The van der Waals surface area contributed by atoms with E-state index in [0.29, 0.717) is 28.3 Å². The van der Waals surface area contributed by atoms with Crippen molar-refractivity contribution in [3.05, 3.63) is 69.3 Å². The van der Waals surface area contributed by atoms with E-state index in [1.54, 1.807) is 38.5 Å². The van der Waals surface area contributed by atoms with E-state index in [4.69, 9.17) is 19.9 Å². The van der Waals surface area contributed by atoms with Gasteiger partial charge in [-0.15, -0.1) is 5.10 Å². The van der Waals surface area contributed by atoms with Crippen molar-refractivity contribution < 1.29 is 18.6 Å². The second-order valence-corrected chi connectivity index (χ2v) is 7.34. The Morgan fingerprint density at radius 2 is 1.97 bits per heavy atom. The largest absolute Gasteiger partial charge is 0.493 e. The fraction of sp³-hybridized carbons (Fsp3) is 0.143. The van der Waals surface area contributed by atoms with Crippen LogP contribution < -0.4 is 19.9 Å². The van der Waals surface area contributed by atoms with Crippen molar-refractivity contribution in [2.75, 3.05) is 14.2 Å². The number of benzene rings is 2. The van der Waals surface area contributed by atoms with E-state index in [2.05, 4.69) is 32.2 Å². The van der Waals surface area contributed by atoms with Crippen LogP contribution in [0.4, 0.5) is 4.39 Å². The minimum Gasteiger partial charge on any atom is -0.493 e. The van der Waals surface area contributed by atoms with Crippen LogP contribution in [0.15, 0.2) is 52.3 Å². The standard InChI is InChI=1S/C21H16BrFN4O3/c1-28-15-6-4-11(8-16(15)29-2)19-18-17(10-3-5-14(23)13(22)7-10)12(9-24)20(25)30-21(18)27-26-19/h3-8,17H,25H2,1-2H3,(H,26,27). The van der Waals surface area contributed by atoms with Gasteiger partial charge >= 0.3 is 0 Å². The highest BCUT2D eigenvalue weighted by Crippen LogP contribution is 2.47. The van der Waals surface area contributed by atoms with Crippen LogP contribution in [0, 0.1) is 17.1 Å². The molecule has 152 valence electrons. The van der Waals surface area contributed by atoms with Crippen molar-refractivity contribution in [3.63, 3.8) is 0 Å². The van der Waals surface area contributed by atoms with E-state index in [1.807, 2.05) is 6.07 Å². The SMILES string of the molecule is COc1ccc(-c2[nH]nc3c2C(c2ccc(F)c(Br)c2)C(C#N)=C(N)O3)cc1OC. The lowest BCUT2D eigenvalue weighted by Crippen LogP contribution is -2.21. The van der Waals surface area contributed by atoms with Crippen LogP contribution in [0.3, 0.4) is 0 Å². The zero-order valence-corrected chi connectivity index (χ0v) is 17.6. The molecule has 0 saturated carbocycles. The Labute approximate surface area is 180 Å². The van der Waals surface area contributed by atoms with E-state index >= 15 is 0 Å². The van der Waals surface area contributed by atoms with Crippen molar-refractivity contribution in [1.29, 1.82) is 5.26 Å². The Hall–Kier alpha value is -3.51. The predicted octanol–water partition coefficient (Wildman–Crippen LogP) is 4.21. The number of nitrogens with two attached hydrogens (primary N) is 1. The minimum absolute atomic E-state index is 0.0409. The number of hydrogen-bond donors (Lipinski definition) is 2. The molecule has 0 bridgehead atoms. The molecule has 0 radical (unpaired) electrons. The zero-order valence-electron chi connectivity index (χ0n) is 16.0. The number of nitriles is 1. The molecule has 0 amide bonds. The summed E-state index contributed by atoms with van der Waals surface area (Å²) in [5, 5.41) is 17.0. The molecule has 1 atom stereocenters. The molecule has 0 spiro atoms. The first-order valence-corrected chi connectivity index (χ1v) is 9.61. The number of aromatic amines is 1. The highest BCUT2D eigenvalue weighted by molar-refractivity contribution is 9.10. The monoisotopic (exact) mass is 470 g/mol. The van der Waals surface area contributed by atoms with E-state index in [1.165, 1.54) is 6.07 Å². The van der Waals surface area contributed by atoms with Crippen LogP contribution in [0.25, 0.3) is 11.3 Å². The lowest BCUT2D eigenvalue weighted by atomic mass is 9.83. The minimum atomic E-state index is -0.600. The molecule has 3 aromatic rings. The average Bonchev–Trinajstić information content (AvgIpc) is 3.17. The molecular formula is C21H16BrFN4O3. The first-order chi connectivity index (χ1) is 14.5. The van der Waals surface area contributed by atoms with Gasteiger partial charge in [0.05, 0.1) is 35.9 Å². The molecule has 0 fully saturated rings. The first kappa shape index (κ1) is 19.8. The number of rotatable bonds is 4. The van der Waals surface area contributed by atoms with Gasteiger partial charge in [-0.05, 0) is 51.8 Å². The van der Waals surface area contributed by atoms with Gasteiger partial charge in [0, 0.05) is 5.56 Å². The molecule has 1 unspecified atom stereocenters. The van der Waals surface area contributed by atoms with E-state index in [9.17, 15) is 9.65 Å². The first-order valence-electron chi connectivity index (χ1n) is 8.81. The number of aromatic nitrogens is 2. The number of halogens is 2. The van der Waals surface area contributed by atoms with Crippen LogP contribution in [-0.4, -0.2) is 24.4 Å². The number of H-pyrrole nitrogens is 1. The summed E-state index contributed by atoms with van der Waals surface area (Å²) in [7, 11) is 3.10. The molecule has 1 aromatic heterocycles. The fourth-order valence-corrected chi connectivity index (χ4v) is 3.88. The molecule has 7 nitrogen and oxygen atoms in total. The smallest absolute Gasteiger partial charge is 0.244 e. The highest BCUT2D eigenvalue weighted by Gasteiger charge is 2.36. The Kier molecular flexibility index (Phi) is 5.10. The highest BCUT2D eigenvalue weighted by atomic mass is 79.9. The number of ether oxygens (including phenoxy) is 3. The third kappa shape index (κ3) is 3.15. The molecule has 3 N–H and O–H groups in total. The molecule has 2 aromatic carbocycles. The number of nitrogens with zero attached hydrogens (tertiary/aromatic N) is 2. The van der Waals surface area contributed by atoms with Gasteiger partial charge < -0.3 is 19.9 Å². The Morgan fingerprint density at radius 1 is 1.20 bits per heavy atom. The van der Waals surface area contributed by atoms with Gasteiger partial charge in [0.1, 0.15) is 17.5 Å². The molecule has 2 heterocycles. The Balaban J connectivity index is 1.93. The number of fused-ring (bicyclic) bond motifs is 1. The summed E-state index contributed by atoms with van der Waals surface area (Å²) in [6, 6.07) is 12.1. The molecule has 9 heteroatoms. The van der Waals surface area contributed by atoms with Gasteiger partial charge in [0.15, 0.2) is 11.5 Å². The van der Waals surface area contributed by atoms with Gasteiger partial charge in [-0.1, -0.05) is 6.07 Å². The zero-order chi connectivity index (χ0) is 21.4. The van der Waals surface area contributed by atoms with E-state index in [0.717, 1.165) is 5.56 Å². The van der Waals surface area contributed by atoms with Crippen molar-refractivity contribution in [2.24, 2.45) is 5.73 Å². The lowest BCUT2D eigenvalue weighted by molar-refractivity contribution is 0.355. The molecule has 1 aliphatic rings. The number of nitrogens with one attached hydrogen (secondary N) is 1. The molecule has 1 aliphatic heterocycles. The number of hydrogen-bond acceptors (Lipinski definition) is 6. The van der Waals surface area contributed by atoms with E-state index < -0.39 is 11.7 Å². The maximum atomic E-state index is 13.8.